The molecule has 0 nitrogen and oxygen atoms in total. The smallest absolute Gasteiger partial charge is 0.0320 e. The number of hydrogen-bond acceptors (Lipinski definition) is 0. The lowest BCUT2D eigenvalue weighted by molar-refractivity contribution is -0.0483. The summed E-state index contributed by atoms with van der Waals surface area (Å²) < 4.78 is 0. The Morgan fingerprint density at radius 1 is 1.27 bits per heavy atom. The molecule has 0 aromatic rings. The van der Waals surface area contributed by atoms with Crippen molar-refractivity contribution in [1.29, 1.82) is 0 Å². The molecule has 0 N–H and O–H groups in total. The Kier molecular flexibility index (Phi) is 2.96. The van der Waals surface area contributed by atoms with E-state index in [-0.39, 0.29) is 0 Å². The summed E-state index contributed by atoms with van der Waals surface area (Å²) in [4.78, 5) is 0. The molecule has 0 saturated heterocycles. The summed E-state index contributed by atoms with van der Waals surface area (Å²) in [6, 6.07) is 0. The number of fused-ring (bicyclic) bond motifs is 1. The van der Waals surface area contributed by atoms with E-state index in [1.165, 1.54) is 32.1 Å². The molecule has 15 heavy (non-hydrogen) atoms. The van der Waals surface area contributed by atoms with Crippen molar-refractivity contribution in [3.63, 3.8) is 0 Å². The molecule has 1 saturated carbocycles. The maximum absolute atomic E-state index is 2.48. The van der Waals surface area contributed by atoms with Crippen molar-refractivity contribution in [2.45, 2.75) is 59.8 Å². The summed E-state index contributed by atoms with van der Waals surface area (Å²) in [5.74, 6) is 2.97. The van der Waals surface area contributed by atoms with Crippen molar-refractivity contribution < 1.29 is 0 Å². The Bertz CT molecular complexity index is 259. The van der Waals surface area contributed by atoms with Gasteiger partial charge in [-0.15, -0.1) is 0 Å². The average molecular weight is 206 g/mol. The highest BCUT2D eigenvalue weighted by atomic mass is 14.5. The third-order valence-corrected chi connectivity index (χ3v) is 4.98. The van der Waals surface area contributed by atoms with Crippen molar-refractivity contribution in [1.82, 2.24) is 0 Å². The second kappa shape index (κ2) is 3.96. The lowest BCUT2D eigenvalue weighted by atomic mass is 9.51. The zero-order valence-electron chi connectivity index (χ0n) is 10.8. The molecule has 0 heteroatoms. The van der Waals surface area contributed by atoms with Crippen LogP contribution in [0.1, 0.15) is 59.8 Å². The van der Waals surface area contributed by atoms with Crippen molar-refractivity contribution in [2.24, 2.45) is 23.2 Å². The van der Waals surface area contributed by atoms with Crippen LogP contribution in [-0.4, -0.2) is 0 Å². The second-order valence-corrected chi connectivity index (χ2v) is 6.61. The largest absolute Gasteiger partial charge is 0.0856 e. The van der Waals surface area contributed by atoms with Crippen LogP contribution in [-0.2, 0) is 0 Å². The van der Waals surface area contributed by atoms with Gasteiger partial charge in [-0.05, 0) is 62.2 Å². The van der Waals surface area contributed by atoms with Gasteiger partial charge >= 0.3 is 0 Å². The van der Waals surface area contributed by atoms with Crippen LogP contribution in [0.4, 0.5) is 0 Å². The van der Waals surface area contributed by atoms with Crippen molar-refractivity contribution in [3.8, 4) is 0 Å². The van der Waals surface area contributed by atoms with E-state index in [1.807, 2.05) is 0 Å². The van der Waals surface area contributed by atoms with E-state index >= 15 is 0 Å². The Morgan fingerprint density at radius 2 is 2.00 bits per heavy atom. The van der Waals surface area contributed by atoms with Crippen LogP contribution in [0, 0.1) is 23.2 Å². The number of allylic oxidation sites excluding steroid dienone is 2. The highest BCUT2D eigenvalue weighted by Crippen LogP contribution is 2.56. The van der Waals surface area contributed by atoms with Gasteiger partial charge in [0.15, 0.2) is 0 Å². The van der Waals surface area contributed by atoms with Gasteiger partial charge in [0, 0.05) is 0 Å². The molecule has 3 atom stereocenters. The van der Waals surface area contributed by atoms with Gasteiger partial charge in [-0.2, -0.15) is 0 Å². The first kappa shape index (κ1) is 11.2. The minimum absolute atomic E-state index is 0.629. The van der Waals surface area contributed by atoms with Crippen molar-refractivity contribution in [2.75, 3.05) is 0 Å². The molecule has 0 spiro atoms. The van der Waals surface area contributed by atoms with Crippen LogP contribution in [0.3, 0.4) is 0 Å². The van der Waals surface area contributed by atoms with Crippen LogP contribution < -0.4 is 0 Å². The van der Waals surface area contributed by atoms with Crippen molar-refractivity contribution >= 4 is 0 Å². The van der Waals surface area contributed by atoms with E-state index in [1.54, 1.807) is 5.57 Å². The summed E-state index contributed by atoms with van der Waals surface area (Å²) in [6.07, 6.45) is 9.46. The summed E-state index contributed by atoms with van der Waals surface area (Å²) in [7, 11) is 0. The van der Waals surface area contributed by atoms with Crippen LogP contribution in [0.25, 0.3) is 0 Å². The van der Waals surface area contributed by atoms with Crippen LogP contribution >= 0.6 is 0 Å². The summed E-state index contributed by atoms with van der Waals surface area (Å²) in [6.45, 7) is 9.73. The molecule has 2 rings (SSSR count). The molecule has 2 aliphatic rings. The third-order valence-electron chi connectivity index (χ3n) is 4.98. The summed E-state index contributed by atoms with van der Waals surface area (Å²) >= 11 is 0. The predicted molar refractivity (Wildman–Crippen MR) is 66.8 cm³/mol. The lowest BCUT2D eigenvalue weighted by Gasteiger charge is -2.54. The zero-order chi connectivity index (χ0) is 11.1. The molecule has 0 aromatic carbocycles. The Labute approximate surface area is 95.1 Å². The molecule has 2 aliphatic carbocycles. The Balaban J connectivity index is 2.08. The van der Waals surface area contributed by atoms with E-state index in [2.05, 4.69) is 33.8 Å². The van der Waals surface area contributed by atoms with Crippen molar-refractivity contribution in [3.05, 3.63) is 11.6 Å². The van der Waals surface area contributed by atoms with Gasteiger partial charge in [-0.1, -0.05) is 32.4 Å². The standard InChI is InChI=1S/C15H26/c1-11-6-5-7-12(2)13-10-15(3,4)14(13)9-8-11/h6,12-14H,5,7-10H2,1-4H3/b11-6-. The van der Waals surface area contributed by atoms with E-state index < -0.39 is 0 Å². The fourth-order valence-electron chi connectivity index (χ4n) is 3.81. The quantitative estimate of drug-likeness (QED) is 0.499. The monoisotopic (exact) mass is 206 g/mol. The van der Waals surface area contributed by atoms with Crippen LogP contribution in [0.5, 0.6) is 0 Å². The fraction of sp³-hybridized carbons (Fsp3) is 0.867. The maximum Gasteiger partial charge on any atom is -0.0320 e. The van der Waals surface area contributed by atoms with Gasteiger partial charge in [0.1, 0.15) is 0 Å². The summed E-state index contributed by atoms with van der Waals surface area (Å²) in [5.41, 5.74) is 2.26. The van der Waals surface area contributed by atoms with Crippen LogP contribution in [0.2, 0.25) is 0 Å². The third kappa shape index (κ3) is 2.14. The zero-order valence-corrected chi connectivity index (χ0v) is 10.8. The molecular weight excluding hydrogens is 180 g/mol. The van der Waals surface area contributed by atoms with E-state index in [4.69, 9.17) is 0 Å². The molecule has 0 amide bonds. The highest BCUT2D eigenvalue weighted by Gasteiger charge is 2.48. The molecule has 86 valence electrons. The normalized spacial score (nSPS) is 43.7. The van der Waals surface area contributed by atoms with E-state index in [9.17, 15) is 0 Å². The molecule has 0 radical (unpaired) electrons. The molecular formula is C15H26. The van der Waals surface area contributed by atoms with Gasteiger partial charge < -0.3 is 0 Å². The van der Waals surface area contributed by atoms with Gasteiger partial charge in [0.25, 0.3) is 0 Å². The molecule has 0 bridgehead atoms. The maximum atomic E-state index is 2.48. The van der Waals surface area contributed by atoms with Gasteiger partial charge in [0.05, 0.1) is 0 Å². The molecule has 0 aliphatic heterocycles. The fourth-order valence-corrected chi connectivity index (χ4v) is 3.81. The highest BCUT2D eigenvalue weighted by molar-refractivity contribution is 5.05. The van der Waals surface area contributed by atoms with E-state index in [0.29, 0.717) is 5.41 Å². The first-order valence-electron chi connectivity index (χ1n) is 6.66. The van der Waals surface area contributed by atoms with Gasteiger partial charge in [0.2, 0.25) is 0 Å². The van der Waals surface area contributed by atoms with E-state index in [0.717, 1.165) is 17.8 Å². The molecule has 0 heterocycles. The number of rotatable bonds is 0. The first-order chi connectivity index (χ1) is 7.00. The molecule has 3 unspecified atom stereocenters. The second-order valence-electron chi connectivity index (χ2n) is 6.61. The lowest BCUT2D eigenvalue weighted by Crippen LogP contribution is -2.46. The molecule has 0 aromatic heterocycles. The first-order valence-corrected chi connectivity index (χ1v) is 6.66. The Hall–Kier alpha value is -0.260. The SMILES string of the molecule is C/C1=C/CCC(C)C2CC(C)(C)C2CC1. The molecule has 1 fully saturated rings. The topological polar surface area (TPSA) is 0 Å². The predicted octanol–water partition coefficient (Wildman–Crippen LogP) is 4.81. The Morgan fingerprint density at radius 3 is 2.67 bits per heavy atom. The average Bonchev–Trinajstić information content (AvgIpc) is 2.18. The van der Waals surface area contributed by atoms with Crippen LogP contribution in [0.15, 0.2) is 11.6 Å². The van der Waals surface area contributed by atoms with Gasteiger partial charge in [-0.3, -0.25) is 0 Å². The minimum atomic E-state index is 0.629. The minimum Gasteiger partial charge on any atom is -0.0856 e. The summed E-state index contributed by atoms with van der Waals surface area (Å²) in [5, 5.41) is 0. The number of hydrogen-bond donors (Lipinski definition) is 0. The van der Waals surface area contributed by atoms with Gasteiger partial charge in [-0.25, -0.2) is 0 Å².